The average Bonchev–Trinajstić information content (AvgIpc) is 3.60. The van der Waals surface area contributed by atoms with E-state index in [4.69, 9.17) is 29.5 Å². The van der Waals surface area contributed by atoms with Gasteiger partial charge in [0.2, 0.25) is 17.7 Å². The minimum Gasteiger partial charge on any atom is -0.481 e. The van der Waals surface area contributed by atoms with Crippen molar-refractivity contribution in [3.63, 3.8) is 0 Å². The molecule has 0 spiro atoms. The van der Waals surface area contributed by atoms with Gasteiger partial charge in [-0.3, -0.25) is 19.2 Å². The Bertz CT molecular complexity index is 2300. The van der Waals surface area contributed by atoms with Gasteiger partial charge in [0.05, 0.1) is 0 Å². The summed E-state index contributed by atoms with van der Waals surface area (Å²) in [6.07, 6.45) is 1.50. The Morgan fingerprint density at radius 1 is 0.395 bits per heavy atom. The summed E-state index contributed by atoms with van der Waals surface area (Å²) in [5.74, 6) is -0.451. The summed E-state index contributed by atoms with van der Waals surface area (Å²) < 4.78 is 0. The molecule has 0 heterocycles. The van der Waals surface area contributed by atoms with Crippen molar-refractivity contribution in [2.75, 3.05) is 68.0 Å². The second kappa shape index (κ2) is 67.5. The van der Waals surface area contributed by atoms with Crippen LogP contribution in [0.4, 0.5) is 0 Å². The van der Waals surface area contributed by atoms with E-state index in [0.717, 1.165) is 52.2 Å². The van der Waals surface area contributed by atoms with E-state index in [1.54, 1.807) is 80.9 Å². The molecule has 0 aliphatic heterocycles. The second-order valence-corrected chi connectivity index (χ2v) is 17.6. The number of rotatable bonds is 8. The van der Waals surface area contributed by atoms with Gasteiger partial charge in [-0.25, -0.2) is 0 Å². The van der Waals surface area contributed by atoms with Crippen LogP contribution >= 0.6 is 0 Å². The van der Waals surface area contributed by atoms with Crippen LogP contribution in [0.1, 0.15) is 87.3 Å². The molecule has 7 rings (SSSR count). The van der Waals surface area contributed by atoms with Gasteiger partial charge in [-0.15, -0.1) is 0 Å². The minimum absolute atomic E-state index is 0.127. The van der Waals surface area contributed by atoms with Gasteiger partial charge < -0.3 is 50.1 Å². The SMILES string of the molecule is CC(=O)O.CC=O.CC=O.CCN(C)C(C)=O.CCN(C)C(C)=O.CCN(C)C(C)=O.CCNC.CCNC.Cc1ccccc1.Cc1ccccc1.OB(O)c1ccccc1.c1ccc(-c2ccccc2)cc1.c1ccc(-c2ccccc2)cc1. The van der Waals surface area contributed by atoms with E-state index in [2.05, 4.69) is 160 Å². The molecule has 0 radical (unpaired) electrons. The first-order valence-electron chi connectivity index (χ1n) is 28.5. The fourth-order valence-corrected chi connectivity index (χ4v) is 4.88. The number of amides is 3. The van der Waals surface area contributed by atoms with E-state index in [-0.39, 0.29) is 17.7 Å². The number of aliphatic carboxylic acids is 1. The molecule has 0 atom stereocenters. The zero-order valence-electron chi connectivity index (χ0n) is 55.1. The minimum atomic E-state index is -1.34. The Labute approximate surface area is 519 Å². The maximum Gasteiger partial charge on any atom is 0.488 e. The molecule has 0 saturated heterocycles. The molecule has 7 aromatic rings. The van der Waals surface area contributed by atoms with Crippen LogP contribution in [0.3, 0.4) is 0 Å². The molecule has 15 heteroatoms. The number of carboxylic acid groups (broad SMARTS) is 1. The molecule has 0 aliphatic rings. The van der Waals surface area contributed by atoms with Gasteiger partial charge in [0.25, 0.3) is 5.97 Å². The van der Waals surface area contributed by atoms with Gasteiger partial charge in [-0.05, 0) is 103 Å². The topological polar surface area (TPSA) is 197 Å². The number of aldehydes is 2. The summed E-state index contributed by atoms with van der Waals surface area (Å²) in [6.45, 7) is 27.3. The van der Waals surface area contributed by atoms with Gasteiger partial charge >= 0.3 is 7.12 Å². The van der Waals surface area contributed by atoms with E-state index in [1.165, 1.54) is 47.2 Å². The molecule has 14 nitrogen and oxygen atoms in total. The van der Waals surface area contributed by atoms with Gasteiger partial charge in [0.15, 0.2) is 0 Å². The zero-order chi connectivity index (χ0) is 66.8. The summed E-state index contributed by atoms with van der Waals surface area (Å²) in [6, 6.07) is 70.7. The number of hydrogen-bond acceptors (Lipinski definition) is 10. The second-order valence-electron chi connectivity index (χ2n) is 17.6. The highest BCUT2D eigenvalue weighted by Gasteiger charge is 2.07. The first kappa shape index (κ1) is 88.9. The predicted molar refractivity (Wildman–Crippen MR) is 365 cm³/mol. The van der Waals surface area contributed by atoms with Crippen molar-refractivity contribution >= 4 is 48.8 Å². The van der Waals surface area contributed by atoms with Crippen LogP contribution in [0, 0.1) is 13.8 Å². The molecular weight excluding hydrogens is 1080 g/mol. The molecule has 86 heavy (non-hydrogen) atoms. The fourth-order valence-electron chi connectivity index (χ4n) is 4.88. The molecule has 0 saturated carbocycles. The van der Waals surface area contributed by atoms with Crippen LogP contribution in [-0.2, 0) is 28.8 Å². The maximum atomic E-state index is 10.3. The Morgan fingerprint density at radius 3 is 0.628 bits per heavy atom. The van der Waals surface area contributed by atoms with E-state index in [1.807, 2.05) is 102 Å². The Morgan fingerprint density at radius 2 is 0.547 bits per heavy atom. The number of benzene rings is 7. The normalized spacial score (nSPS) is 8.42. The summed E-state index contributed by atoms with van der Waals surface area (Å²) >= 11 is 0. The van der Waals surface area contributed by atoms with Gasteiger partial charge in [-0.2, -0.15) is 0 Å². The van der Waals surface area contributed by atoms with Crippen LogP contribution in [0.15, 0.2) is 212 Å². The van der Waals surface area contributed by atoms with Crippen molar-refractivity contribution < 1.29 is 43.9 Å². The van der Waals surface area contributed by atoms with Gasteiger partial charge in [-0.1, -0.05) is 237 Å². The third-order valence-electron chi connectivity index (χ3n) is 10.5. The third-order valence-corrected chi connectivity index (χ3v) is 10.5. The van der Waals surface area contributed by atoms with Crippen molar-refractivity contribution in [3.05, 3.63) is 223 Å². The lowest BCUT2D eigenvalue weighted by molar-refractivity contribution is -0.134. The van der Waals surface area contributed by atoms with E-state index < -0.39 is 13.1 Å². The zero-order valence-corrected chi connectivity index (χ0v) is 55.1. The summed E-state index contributed by atoms with van der Waals surface area (Å²) in [4.78, 5) is 62.5. The van der Waals surface area contributed by atoms with Gasteiger partial charge in [0, 0.05) is 68.5 Å². The van der Waals surface area contributed by atoms with Crippen LogP contribution in [-0.4, -0.2) is 141 Å². The number of carbonyl (C=O) groups is 6. The summed E-state index contributed by atoms with van der Waals surface area (Å²) in [5.41, 5.74) is 8.27. The lowest BCUT2D eigenvalue weighted by Gasteiger charge is -2.09. The molecule has 0 fully saturated rings. The molecule has 7 aromatic carbocycles. The van der Waals surface area contributed by atoms with Crippen LogP contribution in [0.2, 0.25) is 0 Å². The monoisotopic (exact) mass is 1180 g/mol. The number of nitrogens with one attached hydrogen (secondary N) is 2. The maximum absolute atomic E-state index is 10.3. The Hall–Kier alpha value is -8.34. The van der Waals surface area contributed by atoms with Crippen LogP contribution in [0.25, 0.3) is 22.3 Å². The first-order chi connectivity index (χ1) is 41.0. The van der Waals surface area contributed by atoms with Crippen LogP contribution in [0.5, 0.6) is 0 Å². The first-order valence-corrected chi connectivity index (χ1v) is 28.5. The average molecular weight is 1180 g/mol. The van der Waals surface area contributed by atoms with Crippen molar-refractivity contribution in [2.45, 2.75) is 90.0 Å². The van der Waals surface area contributed by atoms with Crippen molar-refractivity contribution in [1.29, 1.82) is 0 Å². The molecule has 472 valence electrons. The van der Waals surface area contributed by atoms with Crippen molar-refractivity contribution in [3.8, 4) is 22.3 Å². The van der Waals surface area contributed by atoms with Crippen LogP contribution < -0.4 is 16.1 Å². The van der Waals surface area contributed by atoms with Crippen molar-refractivity contribution in [1.82, 2.24) is 25.3 Å². The predicted octanol–water partition coefficient (Wildman–Crippen LogP) is 12.5. The van der Waals surface area contributed by atoms with Crippen molar-refractivity contribution in [2.24, 2.45) is 0 Å². The highest BCUT2D eigenvalue weighted by molar-refractivity contribution is 6.58. The molecule has 0 unspecified atom stereocenters. The lowest BCUT2D eigenvalue weighted by atomic mass is 9.81. The summed E-state index contributed by atoms with van der Waals surface area (Å²) in [5, 5.41) is 30.4. The Kier molecular flexibility index (Phi) is 69.7. The molecule has 0 aliphatic carbocycles. The molecule has 3 amide bonds. The third kappa shape index (κ3) is 66.5. The largest absolute Gasteiger partial charge is 0.488 e. The standard InChI is InChI=1S/2C12H10.2C7H8.C6H7BO2.3C5H11NO.2C3H9N.C2H4O2.2C2H4O/c2*1-3-7-11(8-4-1)12-9-5-2-6-10-12;2*1-7-5-3-2-4-6-7;8-7(9)6-4-2-1-3-5-6;3*1-4-6(3)5(2)7;2*1-3-4-2;1-2(3)4;2*1-2-3/h2*1-10H;2*2-6H,1H3;1-5,8-9H;3*4H2,1-3H3;2*4H,3H2,1-2H3;1H3,(H,3,4);2*2H,1H3. The Balaban J connectivity index is -0.000000206. The summed E-state index contributed by atoms with van der Waals surface area (Å²) in [7, 11) is 7.86. The number of aryl methyl sites for hydroxylation is 2. The molecular formula is C71H106BN5O9. The smallest absolute Gasteiger partial charge is 0.481 e. The number of hydrogen-bond donors (Lipinski definition) is 5. The highest BCUT2D eigenvalue weighted by Crippen LogP contribution is 2.18. The lowest BCUT2D eigenvalue weighted by Crippen LogP contribution is -2.29. The molecule has 0 aromatic heterocycles. The fraction of sp³-hybridized carbons (Fsp3) is 0.324. The number of carbonyl (C=O) groups excluding carboxylic acids is 5. The van der Waals surface area contributed by atoms with Gasteiger partial charge in [0.1, 0.15) is 12.6 Å². The van der Waals surface area contributed by atoms with E-state index in [9.17, 15) is 14.4 Å². The number of carboxylic acids is 1. The molecule has 0 bridgehead atoms. The number of nitrogens with zero attached hydrogens (tertiary/aromatic N) is 3. The van der Waals surface area contributed by atoms with E-state index in [0.29, 0.717) is 5.46 Å². The quantitative estimate of drug-likeness (QED) is 0.0717. The highest BCUT2D eigenvalue weighted by atomic mass is 16.4. The van der Waals surface area contributed by atoms with E-state index >= 15 is 0 Å². The molecule has 5 N–H and O–H groups in total.